The minimum Gasteiger partial charge on any atom is -0.453 e. The molecule has 1 aliphatic heterocycles. The molecule has 0 aromatic heterocycles. The van der Waals surface area contributed by atoms with Gasteiger partial charge in [0, 0.05) is 4.91 Å². The summed E-state index contributed by atoms with van der Waals surface area (Å²) in [5.41, 5.74) is 10.6. The van der Waals surface area contributed by atoms with E-state index in [0.717, 1.165) is 42.1 Å². The minimum absolute atomic E-state index is 0.152. The van der Waals surface area contributed by atoms with Crippen LogP contribution in [0.3, 0.4) is 0 Å². The minimum atomic E-state index is -0.714. The van der Waals surface area contributed by atoms with Gasteiger partial charge in [-0.2, -0.15) is 0 Å². The summed E-state index contributed by atoms with van der Waals surface area (Å²) >= 11 is 0. The third-order valence-corrected chi connectivity index (χ3v) is 4.79. The summed E-state index contributed by atoms with van der Waals surface area (Å²) in [5.74, 6) is 1.55. The van der Waals surface area contributed by atoms with Crippen LogP contribution in [0.15, 0.2) is 53.6 Å². The lowest BCUT2D eigenvalue weighted by molar-refractivity contribution is 0.0874. The molecule has 6 nitrogen and oxygen atoms in total. The highest BCUT2D eigenvalue weighted by molar-refractivity contribution is 5.78. The van der Waals surface area contributed by atoms with Crippen LogP contribution in [-0.2, 0) is 0 Å². The number of hydrogen-bond donors (Lipinski definition) is 1. The molecule has 0 radical (unpaired) electrons. The Balaban J connectivity index is 1.81. The number of rotatable bonds is 2. The van der Waals surface area contributed by atoms with Gasteiger partial charge in [0.15, 0.2) is 11.5 Å². The molecular formula is C18H18N4O2. The van der Waals surface area contributed by atoms with Crippen molar-refractivity contribution in [1.29, 1.82) is 0 Å². The molecule has 1 aliphatic carbocycles. The number of benzene rings is 2. The number of aliphatic hydroxyl groups is 1. The van der Waals surface area contributed by atoms with E-state index in [4.69, 9.17) is 10.3 Å². The van der Waals surface area contributed by atoms with Crippen LogP contribution >= 0.6 is 0 Å². The molecule has 0 spiro atoms. The molecule has 1 unspecified atom stereocenters. The Morgan fingerprint density at radius 2 is 1.67 bits per heavy atom. The lowest BCUT2D eigenvalue weighted by Crippen LogP contribution is -2.49. The first-order valence-corrected chi connectivity index (χ1v) is 8.17. The first-order chi connectivity index (χ1) is 11.8. The number of azide groups is 1. The van der Waals surface area contributed by atoms with Crippen molar-refractivity contribution >= 4 is 11.4 Å². The zero-order valence-electron chi connectivity index (χ0n) is 13.1. The highest BCUT2D eigenvalue weighted by Crippen LogP contribution is 2.49. The third kappa shape index (κ3) is 2.37. The molecule has 122 valence electrons. The number of aliphatic hydroxyl groups excluding tert-OH is 1. The molecule has 4 rings (SSSR count). The Hall–Kier alpha value is -2.69. The van der Waals surface area contributed by atoms with E-state index in [0.29, 0.717) is 0 Å². The Morgan fingerprint density at radius 1 is 1.04 bits per heavy atom. The lowest BCUT2D eigenvalue weighted by atomic mass is 9.86. The molecule has 1 heterocycles. The summed E-state index contributed by atoms with van der Waals surface area (Å²) in [6.07, 6.45) is 1.75. The summed E-state index contributed by atoms with van der Waals surface area (Å²) in [6.45, 7) is 0. The van der Waals surface area contributed by atoms with E-state index in [-0.39, 0.29) is 6.04 Å². The fourth-order valence-electron chi connectivity index (χ4n) is 3.70. The van der Waals surface area contributed by atoms with E-state index in [1.807, 2.05) is 48.5 Å². The number of ether oxygens (including phenoxy) is 1. The van der Waals surface area contributed by atoms with Gasteiger partial charge >= 0.3 is 0 Å². The van der Waals surface area contributed by atoms with Crippen LogP contribution < -0.4 is 9.64 Å². The first-order valence-electron chi connectivity index (χ1n) is 8.17. The number of nitrogens with zero attached hydrogens (tertiary/aromatic N) is 4. The molecule has 3 atom stereocenters. The predicted molar refractivity (Wildman–Crippen MR) is 91.7 cm³/mol. The molecule has 2 aromatic rings. The summed E-state index contributed by atoms with van der Waals surface area (Å²) in [7, 11) is 0. The van der Waals surface area contributed by atoms with Crippen molar-refractivity contribution in [3.63, 3.8) is 0 Å². The molecule has 2 aromatic carbocycles. The monoisotopic (exact) mass is 322 g/mol. The van der Waals surface area contributed by atoms with Gasteiger partial charge in [0.1, 0.15) is 0 Å². The number of para-hydroxylation sites is 4. The van der Waals surface area contributed by atoms with Crippen molar-refractivity contribution in [2.75, 3.05) is 4.90 Å². The fraction of sp³-hybridized carbons (Fsp3) is 0.333. The normalized spacial score (nSPS) is 25.0. The van der Waals surface area contributed by atoms with Crippen molar-refractivity contribution in [2.45, 2.75) is 37.5 Å². The van der Waals surface area contributed by atoms with E-state index in [9.17, 15) is 5.11 Å². The molecule has 2 aliphatic rings. The zero-order chi connectivity index (χ0) is 16.5. The molecule has 0 bridgehead atoms. The maximum Gasteiger partial charge on any atom is 0.151 e. The van der Waals surface area contributed by atoms with Crippen molar-refractivity contribution in [3.05, 3.63) is 59.0 Å². The second-order valence-corrected chi connectivity index (χ2v) is 6.17. The summed E-state index contributed by atoms with van der Waals surface area (Å²) in [5, 5.41) is 14.6. The van der Waals surface area contributed by atoms with E-state index in [2.05, 4.69) is 14.9 Å². The van der Waals surface area contributed by atoms with Gasteiger partial charge in [0.2, 0.25) is 0 Å². The van der Waals surface area contributed by atoms with E-state index < -0.39 is 12.1 Å². The molecule has 6 heteroatoms. The van der Waals surface area contributed by atoms with Crippen molar-refractivity contribution < 1.29 is 9.84 Å². The average molecular weight is 322 g/mol. The number of anilines is 2. The quantitative estimate of drug-likeness (QED) is 0.501. The largest absolute Gasteiger partial charge is 0.453 e. The first kappa shape index (κ1) is 14.9. The van der Waals surface area contributed by atoms with Crippen LogP contribution in [0.4, 0.5) is 11.4 Å². The van der Waals surface area contributed by atoms with Crippen molar-refractivity contribution in [3.8, 4) is 11.5 Å². The second-order valence-electron chi connectivity index (χ2n) is 6.17. The van der Waals surface area contributed by atoms with Crippen molar-refractivity contribution in [2.24, 2.45) is 5.11 Å². The van der Waals surface area contributed by atoms with E-state index >= 15 is 0 Å². The van der Waals surface area contributed by atoms with Crippen LogP contribution in [0.2, 0.25) is 0 Å². The van der Waals surface area contributed by atoms with Gasteiger partial charge in [-0.05, 0) is 42.6 Å². The average Bonchev–Trinajstić information content (AvgIpc) is 2.62. The van der Waals surface area contributed by atoms with Crippen LogP contribution in [0.25, 0.3) is 10.4 Å². The Morgan fingerprint density at radius 3 is 2.29 bits per heavy atom. The van der Waals surface area contributed by atoms with Crippen LogP contribution in [0.1, 0.15) is 19.3 Å². The summed E-state index contributed by atoms with van der Waals surface area (Å²) in [4.78, 5) is 5.04. The Kier molecular flexibility index (Phi) is 3.76. The van der Waals surface area contributed by atoms with Gasteiger partial charge in [0.05, 0.1) is 29.6 Å². The summed E-state index contributed by atoms with van der Waals surface area (Å²) in [6, 6.07) is 15.1. The van der Waals surface area contributed by atoms with Gasteiger partial charge in [-0.1, -0.05) is 35.8 Å². The Bertz CT molecular complexity index is 758. The third-order valence-electron chi connectivity index (χ3n) is 4.79. The molecular weight excluding hydrogens is 304 g/mol. The van der Waals surface area contributed by atoms with Gasteiger partial charge in [-0.15, -0.1) is 0 Å². The lowest BCUT2D eigenvalue weighted by Gasteiger charge is -2.44. The highest BCUT2D eigenvalue weighted by Gasteiger charge is 2.39. The maximum absolute atomic E-state index is 10.8. The van der Waals surface area contributed by atoms with Gasteiger partial charge < -0.3 is 14.7 Å². The fourth-order valence-corrected chi connectivity index (χ4v) is 3.70. The van der Waals surface area contributed by atoms with E-state index in [1.54, 1.807) is 0 Å². The van der Waals surface area contributed by atoms with Crippen LogP contribution in [0.5, 0.6) is 11.5 Å². The smallest absolute Gasteiger partial charge is 0.151 e. The molecule has 1 saturated carbocycles. The van der Waals surface area contributed by atoms with Gasteiger partial charge in [0.25, 0.3) is 0 Å². The number of fused-ring (bicyclic) bond motifs is 2. The van der Waals surface area contributed by atoms with Gasteiger partial charge in [-0.25, -0.2) is 0 Å². The molecule has 24 heavy (non-hydrogen) atoms. The summed E-state index contributed by atoms with van der Waals surface area (Å²) < 4.78 is 6.00. The number of hydrogen-bond acceptors (Lipinski definition) is 4. The van der Waals surface area contributed by atoms with Gasteiger partial charge in [-0.3, -0.25) is 0 Å². The molecule has 0 saturated heterocycles. The Labute approximate surface area is 139 Å². The zero-order valence-corrected chi connectivity index (χ0v) is 13.1. The van der Waals surface area contributed by atoms with Crippen LogP contribution in [-0.4, -0.2) is 23.3 Å². The molecule has 1 N–H and O–H groups in total. The molecule has 0 amide bonds. The second kappa shape index (κ2) is 6.07. The topological polar surface area (TPSA) is 81.5 Å². The predicted octanol–water partition coefficient (Wildman–Crippen LogP) is 4.52. The SMILES string of the molecule is [N-]=[N+]=NC1CCC[C@@H](N2c3ccccc3Oc3ccccc32)[C@@H]1O. The van der Waals surface area contributed by atoms with Crippen molar-refractivity contribution in [1.82, 2.24) is 0 Å². The molecule has 1 fully saturated rings. The van der Waals surface area contributed by atoms with E-state index in [1.165, 1.54) is 0 Å². The standard InChI is InChI=1S/C18H18N4O2/c19-21-20-12-6-5-9-15(18(12)23)22-13-7-1-3-10-16(13)24-17-11-4-2-8-14(17)22/h1-4,7-8,10-12,15,18,23H,5-6,9H2/t12?,15-,18-/m1/s1. The maximum atomic E-state index is 10.8. The van der Waals surface area contributed by atoms with Crippen LogP contribution in [0, 0.1) is 0 Å². The highest BCUT2D eigenvalue weighted by atomic mass is 16.5.